The number of morpholine rings is 1. The third kappa shape index (κ3) is 3.94. The van der Waals surface area contributed by atoms with E-state index in [9.17, 15) is 0 Å². The summed E-state index contributed by atoms with van der Waals surface area (Å²) in [6.07, 6.45) is 1.76. The van der Waals surface area contributed by atoms with E-state index in [1.54, 1.807) is 0 Å². The molecule has 1 saturated heterocycles. The maximum Gasteiger partial charge on any atom is 0.0726 e. The Bertz CT molecular complexity index is 764. The number of hydrogen-bond donors (Lipinski definition) is 3. The number of hydrogen-bond acceptors (Lipinski definition) is 5. The Kier molecular flexibility index (Phi) is 4.95. The maximum absolute atomic E-state index is 7.32. The lowest BCUT2D eigenvalue weighted by molar-refractivity contribution is -0.00521. The minimum atomic E-state index is 0.247. The first-order valence-electron chi connectivity index (χ1n) is 8.64. The Morgan fingerprint density at radius 3 is 2.48 bits per heavy atom. The molecule has 2 unspecified atom stereocenters. The zero-order valence-electron chi connectivity index (χ0n) is 15.0. The summed E-state index contributed by atoms with van der Waals surface area (Å²) in [6.45, 7) is 8.17. The predicted molar refractivity (Wildman–Crippen MR) is 105 cm³/mol. The summed E-state index contributed by atoms with van der Waals surface area (Å²) in [4.78, 5) is 2.38. The van der Waals surface area contributed by atoms with E-state index in [1.807, 2.05) is 18.2 Å². The maximum atomic E-state index is 7.32. The number of nitrogens with zero attached hydrogens (tertiary/aromatic N) is 1. The molecule has 4 N–H and O–H groups in total. The van der Waals surface area contributed by atoms with E-state index in [1.165, 1.54) is 17.5 Å². The van der Waals surface area contributed by atoms with Gasteiger partial charge in [-0.25, -0.2) is 0 Å². The number of ether oxygens (including phenoxy) is 1. The quantitative estimate of drug-likeness (QED) is 0.583. The van der Waals surface area contributed by atoms with Crippen molar-refractivity contribution in [2.24, 2.45) is 0 Å². The molecule has 1 fully saturated rings. The molecule has 1 aliphatic rings. The van der Waals surface area contributed by atoms with Crippen LogP contribution in [0.2, 0.25) is 0 Å². The minimum absolute atomic E-state index is 0.247. The number of nitrogens with one attached hydrogen (secondary N) is 2. The zero-order chi connectivity index (χ0) is 18.0. The van der Waals surface area contributed by atoms with E-state index in [0.29, 0.717) is 5.69 Å². The van der Waals surface area contributed by atoms with Crippen LogP contribution < -0.4 is 16.0 Å². The molecule has 5 heteroatoms. The van der Waals surface area contributed by atoms with Crippen molar-refractivity contribution in [2.75, 3.05) is 29.0 Å². The smallest absolute Gasteiger partial charge is 0.0726 e. The van der Waals surface area contributed by atoms with Crippen molar-refractivity contribution in [2.45, 2.75) is 33.0 Å². The predicted octanol–water partition coefficient (Wildman–Crippen LogP) is 3.93. The fourth-order valence-electron chi connectivity index (χ4n) is 3.31. The summed E-state index contributed by atoms with van der Waals surface area (Å²) in [5.74, 6) is 0. The van der Waals surface area contributed by atoms with E-state index in [4.69, 9.17) is 15.9 Å². The molecule has 0 bridgehead atoms. The highest BCUT2D eigenvalue weighted by molar-refractivity contribution is 5.86. The fourth-order valence-corrected chi connectivity index (χ4v) is 3.31. The lowest BCUT2D eigenvalue weighted by Crippen LogP contribution is -2.45. The largest absolute Gasteiger partial charge is 0.398 e. The second kappa shape index (κ2) is 7.15. The molecule has 25 heavy (non-hydrogen) atoms. The van der Waals surface area contributed by atoms with Crippen LogP contribution in [0.5, 0.6) is 0 Å². The minimum Gasteiger partial charge on any atom is -0.398 e. The van der Waals surface area contributed by atoms with Gasteiger partial charge >= 0.3 is 0 Å². The standard InChI is InChI=1S/C20H26N4O/c1-13-8-18(24-11-14(2)25-15(3)12-24)6-7-20(13)23-17-5-4-16(10-21)19(22)9-17/h4-10,14-15,21,23H,11-12,22H2,1-3H3. The molecule has 3 rings (SSSR count). The van der Waals surface area contributed by atoms with Crippen molar-refractivity contribution in [3.8, 4) is 0 Å². The van der Waals surface area contributed by atoms with Crippen LogP contribution in [0, 0.1) is 12.3 Å². The van der Waals surface area contributed by atoms with Gasteiger partial charge in [0.2, 0.25) is 0 Å². The van der Waals surface area contributed by atoms with Crippen molar-refractivity contribution in [3.63, 3.8) is 0 Å². The van der Waals surface area contributed by atoms with E-state index < -0.39 is 0 Å². The Hall–Kier alpha value is -2.53. The van der Waals surface area contributed by atoms with Crippen molar-refractivity contribution in [1.82, 2.24) is 0 Å². The summed E-state index contributed by atoms with van der Waals surface area (Å²) < 4.78 is 5.82. The van der Waals surface area contributed by atoms with Gasteiger partial charge in [0.1, 0.15) is 0 Å². The Labute approximate surface area is 149 Å². The molecule has 0 radical (unpaired) electrons. The molecule has 0 saturated carbocycles. The lowest BCUT2D eigenvalue weighted by atomic mass is 10.1. The molecule has 2 aromatic carbocycles. The van der Waals surface area contributed by atoms with Gasteiger partial charge in [-0.15, -0.1) is 0 Å². The molecule has 1 aliphatic heterocycles. The van der Waals surface area contributed by atoms with Gasteiger partial charge in [0.15, 0.2) is 0 Å². The average Bonchev–Trinajstić information content (AvgIpc) is 2.56. The fraction of sp³-hybridized carbons (Fsp3) is 0.350. The lowest BCUT2D eigenvalue weighted by Gasteiger charge is -2.37. The molecular formula is C20H26N4O. The first kappa shape index (κ1) is 17.3. The number of aryl methyl sites for hydroxylation is 1. The first-order valence-corrected chi connectivity index (χ1v) is 8.64. The topological polar surface area (TPSA) is 74.4 Å². The summed E-state index contributed by atoms with van der Waals surface area (Å²) >= 11 is 0. The van der Waals surface area contributed by atoms with Crippen LogP contribution in [-0.4, -0.2) is 31.5 Å². The van der Waals surface area contributed by atoms with Crippen LogP contribution in [0.3, 0.4) is 0 Å². The summed E-state index contributed by atoms with van der Waals surface area (Å²) in [5, 5.41) is 10.7. The van der Waals surface area contributed by atoms with Crippen LogP contribution >= 0.6 is 0 Å². The van der Waals surface area contributed by atoms with E-state index in [-0.39, 0.29) is 12.2 Å². The van der Waals surface area contributed by atoms with Crippen LogP contribution in [0.15, 0.2) is 36.4 Å². The summed E-state index contributed by atoms with van der Waals surface area (Å²) in [5.41, 5.74) is 11.7. The van der Waals surface area contributed by atoms with Crippen molar-refractivity contribution in [3.05, 3.63) is 47.5 Å². The third-order valence-corrected chi connectivity index (χ3v) is 4.52. The Morgan fingerprint density at radius 1 is 1.16 bits per heavy atom. The molecule has 132 valence electrons. The second-order valence-electron chi connectivity index (χ2n) is 6.77. The summed E-state index contributed by atoms with van der Waals surface area (Å²) in [7, 11) is 0. The average molecular weight is 338 g/mol. The highest BCUT2D eigenvalue weighted by Crippen LogP contribution is 2.28. The van der Waals surface area contributed by atoms with Gasteiger partial charge in [-0.2, -0.15) is 0 Å². The Morgan fingerprint density at radius 2 is 1.88 bits per heavy atom. The molecule has 0 spiro atoms. The summed E-state index contributed by atoms with van der Waals surface area (Å²) in [6, 6.07) is 12.1. The van der Waals surface area contributed by atoms with Gasteiger partial charge in [0, 0.05) is 47.6 Å². The van der Waals surface area contributed by atoms with Gasteiger partial charge < -0.3 is 26.1 Å². The highest BCUT2D eigenvalue weighted by Gasteiger charge is 2.22. The molecule has 2 aromatic rings. The molecule has 1 heterocycles. The van der Waals surface area contributed by atoms with E-state index in [0.717, 1.165) is 30.0 Å². The van der Waals surface area contributed by atoms with Crippen LogP contribution in [0.4, 0.5) is 22.7 Å². The van der Waals surface area contributed by atoms with Crippen molar-refractivity contribution < 1.29 is 4.74 Å². The normalized spacial score (nSPS) is 20.4. The number of nitrogens with two attached hydrogens (primary N) is 1. The first-order chi connectivity index (χ1) is 12.0. The second-order valence-corrected chi connectivity index (χ2v) is 6.77. The third-order valence-electron chi connectivity index (χ3n) is 4.52. The van der Waals surface area contributed by atoms with Gasteiger partial charge in [0.05, 0.1) is 12.2 Å². The number of nitrogen functional groups attached to an aromatic ring is 1. The van der Waals surface area contributed by atoms with Gasteiger partial charge in [0.25, 0.3) is 0 Å². The van der Waals surface area contributed by atoms with E-state index in [2.05, 4.69) is 49.2 Å². The molecule has 0 aliphatic carbocycles. The number of anilines is 4. The molecular weight excluding hydrogens is 312 g/mol. The van der Waals surface area contributed by atoms with Gasteiger partial charge in [-0.1, -0.05) is 0 Å². The van der Waals surface area contributed by atoms with Crippen molar-refractivity contribution in [1.29, 1.82) is 5.41 Å². The van der Waals surface area contributed by atoms with Gasteiger partial charge in [-0.3, -0.25) is 0 Å². The van der Waals surface area contributed by atoms with Crippen LogP contribution in [0.25, 0.3) is 0 Å². The van der Waals surface area contributed by atoms with Crippen LogP contribution in [-0.2, 0) is 4.74 Å². The highest BCUT2D eigenvalue weighted by atomic mass is 16.5. The van der Waals surface area contributed by atoms with Crippen molar-refractivity contribution >= 4 is 29.0 Å². The molecule has 0 aromatic heterocycles. The number of benzene rings is 2. The zero-order valence-corrected chi connectivity index (χ0v) is 15.0. The molecule has 2 atom stereocenters. The van der Waals surface area contributed by atoms with Gasteiger partial charge in [-0.05, 0) is 62.7 Å². The monoisotopic (exact) mass is 338 g/mol. The Balaban J connectivity index is 1.78. The SMILES string of the molecule is Cc1cc(N2CC(C)OC(C)C2)ccc1Nc1ccc(C=N)c(N)c1. The molecule has 0 amide bonds. The van der Waals surface area contributed by atoms with Crippen LogP contribution in [0.1, 0.15) is 25.0 Å². The number of rotatable bonds is 4. The van der Waals surface area contributed by atoms with E-state index >= 15 is 0 Å². The molecule has 5 nitrogen and oxygen atoms in total.